The topological polar surface area (TPSA) is 36.9 Å². The van der Waals surface area contributed by atoms with E-state index in [1.807, 2.05) is 0 Å². The second kappa shape index (κ2) is 8.81. The van der Waals surface area contributed by atoms with Gasteiger partial charge in [-0.3, -0.25) is 0 Å². The molecule has 0 aromatic carbocycles. The first kappa shape index (κ1) is 14.5. The van der Waals surface area contributed by atoms with Crippen molar-refractivity contribution in [2.24, 2.45) is 0 Å². The van der Waals surface area contributed by atoms with Gasteiger partial charge < -0.3 is 18.9 Å². The van der Waals surface area contributed by atoms with Gasteiger partial charge in [0.15, 0.2) is 5.41 Å². The summed E-state index contributed by atoms with van der Waals surface area (Å²) in [5.74, 6) is 0. The molecule has 0 atom stereocenters. The van der Waals surface area contributed by atoms with Gasteiger partial charge in [-0.25, -0.2) is 0 Å². The third-order valence-electron chi connectivity index (χ3n) is 1.63. The van der Waals surface area contributed by atoms with Crippen LogP contribution in [0.4, 0.5) is 0 Å². The summed E-state index contributed by atoms with van der Waals surface area (Å²) in [5, 5.41) is 0.680. The Balaban J connectivity index is 3.67. The van der Waals surface area contributed by atoms with Crippen molar-refractivity contribution in [2.75, 3.05) is 46.0 Å². The van der Waals surface area contributed by atoms with E-state index in [2.05, 4.69) is 15.9 Å². The molecule has 0 amide bonds. The summed E-state index contributed by atoms with van der Waals surface area (Å²) in [6.45, 7) is 2.28. The maximum atomic E-state index is 5.58. The maximum Gasteiger partial charge on any atom is 0.151 e. The molecule has 0 spiro atoms. The Morgan fingerprint density at radius 1 is 1.00 bits per heavy atom. The van der Waals surface area contributed by atoms with E-state index < -0.39 is 5.41 Å². The van der Waals surface area contributed by atoms with Crippen LogP contribution < -0.4 is 0 Å². The number of alkyl halides is 1. The zero-order valence-electron chi connectivity index (χ0n) is 9.05. The molecule has 14 heavy (non-hydrogen) atoms. The Morgan fingerprint density at radius 3 is 1.71 bits per heavy atom. The van der Waals surface area contributed by atoms with Crippen molar-refractivity contribution in [2.45, 2.75) is 5.41 Å². The first-order valence-corrected chi connectivity index (χ1v) is 6.62. The molecule has 0 aliphatic carbocycles. The minimum atomic E-state index is -0.461. The van der Waals surface area contributed by atoms with Crippen LogP contribution >= 0.6 is 15.9 Å². The predicted molar refractivity (Wildman–Crippen MR) is 62.1 cm³/mol. The van der Waals surface area contributed by atoms with Crippen LogP contribution in [0.5, 0.6) is 0 Å². The number of ether oxygens (including phenoxy) is 4. The Kier molecular flexibility index (Phi) is 9.15. The second-order valence-electron chi connectivity index (χ2n) is 2.95. The average Bonchev–Trinajstić information content (AvgIpc) is 2.19. The molecule has 0 saturated carbocycles. The van der Waals surface area contributed by atoms with Gasteiger partial charge in [0, 0.05) is 14.2 Å². The SMILES string of the molecule is COCCOC([SiH3])(CBr)OCCOC. The normalized spacial score (nSPS) is 12.2. The average molecular weight is 287 g/mol. The molecule has 0 unspecified atom stereocenters. The van der Waals surface area contributed by atoms with Crippen LogP contribution in [0.1, 0.15) is 0 Å². The molecule has 0 aliphatic rings. The molecule has 0 aromatic heterocycles. The summed E-state index contributed by atoms with van der Waals surface area (Å²) in [5.41, 5.74) is -0.461. The summed E-state index contributed by atoms with van der Waals surface area (Å²) in [6, 6.07) is 0. The molecule has 0 fully saturated rings. The van der Waals surface area contributed by atoms with E-state index in [-0.39, 0.29) is 0 Å². The standard InChI is InChI=1S/C8H19BrO4Si/c1-10-3-5-12-8(14,7-9)13-6-4-11-2/h3-7H2,1-2,14H3. The van der Waals surface area contributed by atoms with Crippen molar-refractivity contribution in [1.29, 1.82) is 0 Å². The first-order chi connectivity index (χ1) is 6.68. The number of rotatable bonds is 9. The fourth-order valence-electron chi connectivity index (χ4n) is 0.801. The number of halogens is 1. The first-order valence-electron chi connectivity index (χ1n) is 4.50. The lowest BCUT2D eigenvalue weighted by molar-refractivity contribution is -0.173. The molecule has 0 heterocycles. The third-order valence-corrected chi connectivity index (χ3v) is 4.62. The van der Waals surface area contributed by atoms with Crippen LogP contribution in [0.2, 0.25) is 0 Å². The van der Waals surface area contributed by atoms with Crippen molar-refractivity contribution >= 4 is 26.2 Å². The molecule has 0 N–H and O–H groups in total. The summed E-state index contributed by atoms with van der Waals surface area (Å²) in [7, 11) is 4.10. The number of methoxy groups -OCH3 is 2. The van der Waals surface area contributed by atoms with Gasteiger partial charge >= 0.3 is 0 Å². The van der Waals surface area contributed by atoms with Crippen LogP contribution in [-0.4, -0.2) is 61.6 Å². The highest BCUT2D eigenvalue weighted by molar-refractivity contribution is 9.09. The summed E-state index contributed by atoms with van der Waals surface area (Å²) < 4.78 is 21.0. The lowest BCUT2D eigenvalue weighted by atomic mass is 10.6. The van der Waals surface area contributed by atoms with Crippen LogP contribution in [0.3, 0.4) is 0 Å². The van der Waals surface area contributed by atoms with Crippen LogP contribution in [0.15, 0.2) is 0 Å². The van der Waals surface area contributed by atoms with E-state index >= 15 is 0 Å². The molecule has 0 radical (unpaired) electrons. The van der Waals surface area contributed by atoms with Crippen LogP contribution in [-0.2, 0) is 18.9 Å². The van der Waals surface area contributed by atoms with E-state index in [1.54, 1.807) is 14.2 Å². The maximum absolute atomic E-state index is 5.58. The largest absolute Gasteiger partial charge is 0.382 e. The zero-order chi connectivity index (χ0) is 10.9. The van der Waals surface area contributed by atoms with E-state index in [0.29, 0.717) is 31.8 Å². The minimum absolute atomic E-state index is 0.461. The van der Waals surface area contributed by atoms with E-state index in [4.69, 9.17) is 18.9 Å². The monoisotopic (exact) mass is 286 g/mol. The Hall–Kier alpha value is 0.537. The molecule has 0 bridgehead atoms. The lowest BCUT2D eigenvalue weighted by Crippen LogP contribution is -2.40. The van der Waals surface area contributed by atoms with Crippen molar-refractivity contribution < 1.29 is 18.9 Å². The van der Waals surface area contributed by atoms with Gasteiger partial charge in [-0.2, -0.15) is 0 Å². The molecular formula is C8H19BrO4Si. The van der Waals surface area contributed by atoms with E-state index in [9.17, 15) is 0 Å². The highest BCUT2D eigenvalue weighted by Crippen LogP contribution is 2.11. The highest BCUT2D eigenvalue weighted by Gasteiger charge is 2.23. The molecule has 0 aromatic rings. The van der Waals surface area contributed by atoms with Gasteiger partial charge in [-0.05, 0) is 0 Å². The molecule has 6 heteroatoms. The Morgan fingerprint density at radius 2 is 1.43 bits per heavy atom. The third kappa shape index (κ3) is 6.91. The molecule has 86 valence electrons. The lowest BCUT2D eigenvalue weighted by Gasteiger charge is -2.28. The number of hydrogen-bond acceptors (Lipinski definition) is 4. The van der Waals surface area contributed by atoms with Gasteiger partial charge in [0.2, 0.25) is 0 Å². The summed E-state index contributed by atoms with van der Waals surface area (Å²) >= 11 is 3.38. The quantitative estimate of drug-likeness (QED) is 0.253. The fraction of sp³-hybridized carbons (Fsp3) is 1.00. The zero-order valence-corrected chi connectivity index (χ0v) is 12.6. The van der Waals surface area contributed by atoms with Crippen molar-refractivity contribution in [3.05, 3.63) is 0 Å². The number of hydrogen-bond donors (Lipinski definition) is 0. The van der Waals surface area contributed by atoms with Crippen LogP contribution in [0.25, 0.3) is 0 Å². The molecule has 4 nitrogen and oxygen atoms in total. The fourth-order valence-corrected chi connectivity index (χ4v) is 1.53. The minimum Gasteiger partial charge on any atom is -0.382 e. The molecular weight excluding hydrogens is 268 g/mol. The van der Waals surface area contributed by atoms with Crippen molar-refractivity contribution in [3.63, 3.8) is 0 Å². The van der Waals surface area contributed by atoms with Gasteiger partial charge in [0.25, 0.3) is 0 Å². The Labute approximate surface area is 96.8 Å². The Bertz CT molecular complexity index is 127. The van der Waals surface area contributed by atoms with Gasteiger partial charge in [0.05, 0.1) is 42.0 Å². The highest BCUT2D eigenvalue weighted by atomic mass is 79.9. The molecule has 0 aliphatic heterocycles. The van der Waals surface area contributed by atoms with Crippen LogP contribution in [0, 0.1) is 0 Å². The summed E-state index contributed by atoms with van der Waals surface area (Å²) in [6.07, 6.45) is 0. The second-order valence-corrected chi connectivity index (χ2v) is 5.03. The molecule has 0 rings (SSSR count). The van der Waals surface area contributed by atoms with E-state index in [0.717, 1.165) is 10.2 Å². The van der Waals surface area contributed by atoms with Gasteiger partial charge in [-0.15, -0.1) is 0 Å². The summed E-state index contributed by atoms with van der Waals surface area (Å²) in [4.78, 5) is 0. The van der Waals surface area contributed by atoms with Crippen molar-refractivity contribution in [1.82, 2.24) is 0 Å². The van der Waals surface area contributed by atoms with Gasteiger partial charge in [-0.1, -0.05) is 15.9 Å². The smallest absolute Gasteiger partial charge is 0.151 e. The molecule has 0 saturated heterocycles. The van der Waals surface area contributed by atoms with Gasteiger partial charge in [0.1, 0.15) is 0 Å². The predicted octanol–water partition coefficient (Wildman–Crippen LogP) is -0.274. The van der Waals surface area contributed by atoms with E-state index in [1.165, 1.54) is 0 Å². The van der Waals surface area contributed by atoms with Crippen molar-refractivity contribution in [3.8, 4) is 0 Å².